The summed E-state index contributed by atoms with van der Waals surface area (Å²) in [4.78, 5) is 49.4. The zero-order valence-electron chi connectivity index (χ0n) is 16.9. The van der Waals surface area contributed by atoms with E-state index in [1.165, 1.54) is 4.90 Å². The smallest absolute Gasteiger partial charge is 0.332 e. The second kappa shape index (κ2) is 9.28. The van der Waals surface area contributed by atoms with Crippen molar-refractivity contribution in [1.82, 2.24) is 20.2 Å². The van der Waals surface area contributed by atoms with Gasteiger partial charge in [0.05, 0.1) is 12.5 Å². The number of nitrogens with zero attached hydrogens (tertiary/aromatic N) is 3. The Morgan fingerprint density at radius 3 is 2.74 bits per heavy atom. The lowest BCUT2D eigenvalue weighted by Crippen LogP contribution is -2.50. The highest BCUT2D eigenvalue weighted by molar-refractivity contribution is 6.01. The second-order valence-electron chi connectivity index (χ2n) is 7.27. The average molecular weight is 428 g/mol. The number of para-hydroxylation sites is 1. The first kappa shape index (κ1) is 21.8. The van der Waals surface area contributed by atoms with Gasteiger partial charge in [-0.05, 0) is 25.0 Å². The molecule has 1 aromatic heterocycles. The predicted octanol–water partition coefficient (Wildman–Crippen LogP) is 0.397. The molecule has 0 radical (unpaired) electrons. The van der Waals surface area contributed by atoms with Crippen LogP contribution in [0.3, 0.4) is 0 Å². The van der Waals surface area contributed by atoms with Gasteiger partial charge in [0.1, 0.15) is 11.7 Å². The van der Waals surface area contributed by atoms with Gasteiger partial charge in [0.2, 0.25) is 5.91 Å². The molecule has 0 aliphatic carbocycles. The number of carboxylic acid groups (broad SMARTS) is 1. The first-order valence-corrected chi connectivity index (χ1v) is 9.74. The molecular formula is C20H24N6O5. The second-order valence-corrected chi connectivity index (χ2v) is 7.27. The molecule has 1 fully saturated rings. The Bertz CT molecular complexity index is 1050. The number of hydrogen-bond acceptors (Lipinski definition) is 5. The molecule has 3 rings (SSSR count). The van der Waals surface area contributed by atoms with Crippen molar-refractivity contribution >= 4 is 40.9 Å². The monoisotopic (exact) mass is 428 g/mol. The Labute approximate surface area is 177 Å². The van der Waals surface area contributed by atoms with Gasteiger partial charge in [-0.25, -0.2) is 10.2 Å². The largest absolute Gasteiger partial charge is 0.481 e. The van der Waals surface area contributed by atoms with E-state index in [0.29, 0.717) is 25.1 Å². The van der Waals surface area contributed by atoms with Crippen LogP contribution in [-0.2, 0) is 16.6 Å². The maximum absolute atomic E-state index is 13.2. The van der Waals surface area contributed by atoms with Crippen LogP contribution in [0.4, 0.5) is 4.79 Å². The molecule has 0 bridgehead atoms. The highest BCUT2D eigenvalue weighted by atomic mass is 16.4. The highest BCUT2D eigenvalue weighted by Gasteiger charge is 2.36. The zero-order chi connectivity index (χ0) is 22.5. The molecule has 11 heteroatoms. The third-order valence-corrected chi connectivity index (χ3v) is 5.14. The van der Waals surface area contributed by atoms with Crippen LogP contribution in [0, 0.1) is 0 Å². The molecule has 5 N–H and O–H groups in total. The van der Waals surface area contributed by atoms with Crippen LogP contribution in [0.1, 0.15) is 29.8 Å². The Balaban J connectivity index is 1.76. The van der Waals surface area contributed by atoms with Gasteiger partial charge in [-0.1, -0.05) is 18.2 Å². The number of urea groups is 1. The Kier molecular flexibility index (Phi) is 6.53. The molecule has 2 heterocycles. The number of aliphatic carboxylic acids is 1. The number of hydrazone groups is 1. The van der Waals surface area contributed by atoms with E-state index in [4.69, 9.17) is 10.8 Å². The van der Waals surface area contributed by atoms with Crippen LogP contribution in [0.2, 0.25) is 0 Å². The van der Waals surface area contributed by atoms with E-state index < -0.39 is 36.4 Å². The minimum atomic E-state index is -1.16. The first-order valence-electron chi connectivity index (χ1n) is 9.74. The standard InChI is InChI=1S/C20H24N6O5/c1-25-14-6-3-2-5-12(14)9-16(25)19(30)26-8-4-7-15(26)18(29)23-13(10-17(27)28)11-22-24-20(21)31/h2-3,5-6,9,11,13,15H,4,7-8,10H2,1H3,(H,23,29)(H,27,28)(H3,21,24,31)/t13-,15-/m0/s1. The zero-order valence-corrected chi connectivity index (χ0v) is 16.9. The van der Waals surface area contributed by atoms with Gasteiger partial charge in [0.25, 0.3) is 5.91 Å². The number of carboxylic acids is 1. The molecule has 2 atom stereocenters. The molecule has 1 aliphatic heterocycles. The number of nitrogens with two attached hydrogens (primary N) is 1. The van der Waals surface area contributed by atoms with E-state index in [2.05, 4.69) is 10.4 Å². The van der Waals surface area contributed by atoms with Gasteiger partial charge in [-0.2, -0.15) is 5.10 Å². The van der Waals surface area contributed by atoms with E-state index in [9.17, 15) is 19.2 Å². The third kappa shape index (κ3) is 5.00. The van der Waals surface area contributed by atoms with E-state index in [1.54, 1.807) is 17.7 Å². The number of carbonyl (C=O) groups excluding carboxylic acids is 3. The lowest BCUT2D eigenvalue weighted by Gasteiger charge is -2.25. The molecule has 0 saturated carbocycles. The summed E-state index contributed by atoms with van der Waals surface area (Å²) in [7, 11) is 1.80. The number of primary amides is 1. The van der Waals surface area contributed by atoms with Crippen LogP contribution in [0.15, 0.2) is 35.4 Å². The fourth-order valence-electron chi connectivity index (χ4n) is 3.72. The Hall–Kier alpha value is -3.89. The van der Waals surface area contributed by atoms with Crippen LogP contribution >= 0.6 is 0 Å². The van der Waals surface area contributed by atoms with Crippen molar-refractivity contribution in [2.75, 3.05) is 6.54 Å². The lowest BCUT2D eigenvalue weighted by atomic mass is 10.1. The predicted molar refractivity (Wildman–Crippen MR) is 112 cm³/mol. The molecule has 0 unspecified atom stereocenters. The molecule has 1 saturated heterocycles. The Morgan fingerprint density at radius 1 is 1.32 bits per heavy atom. The number of nitrogens with one attached hydrogen (secondary N) is 2. The molecule has 4 amide bonds. The van der Waals surface area contributed by atoms with E-state index in [1.807, 2.05) is 29.7 Å². The third-order valence-electron chi connectivity index (χ3n) is 5.14. The maximum Gasteiger partial charge on any atom is 0.332 e. The molecule has 1 aromatic carbocycles. The summed E-state index contributed by atoms with van der Waals surface area (Å²) in [5, 5.41) is 16.1. The summed E-state index contributed by atoms with van der Waals surface area (Å²) in [6.45, 7) is 0.416. The van der Waals surface area contributed by atoms with Crippen molar-refractivity contribution in [2.45, 2.75) is 31.3 Å². The molecular weight excluding hydrogens is 404 g/mol. The summed E-state index contributed by atoms with van der Waals surface area (Å²) < 4.78 is 1.79. The number of aromatic nitrogens is 1. The highest BCUT2D eigenvalue weighted by Crippen LogP contribution is 2.24. The summed E-state index contributed by atoms with van der Waals surface area (Å²) in [5.41, 5.74) is 8.25. The average Bonchev–Trinajstić information content (AvgIpc) is 3.32. The van der Waals surface area contributed by atoms with Crippen molar-refractivity contribution in [3.05, 3.63) is 36.0 Å². The molecule has 164 valence electrons. The number of aryl methyl sites for hydroxylation is 1. The van der Waals surface area contributed by atoms with Crippen LogP contribution < -0.4 is 16.5 Å². The summed E-state index contributed by atoms with van der Waals surface area (Å²) in [6, 6.07) is 6.76. The molecule has 0 spiro atoms. The molecule has 31 heavy (non-hydrogen) atoms. The van der Waals surface area contributed by atoms with Gasteiger partial charge >= 0.3 is 12.0 Å². The fraction of sp³-hybridized carbons (Fsp3) is 0.350. The van der Waals surface area contributed by atoms with Crippen LogP contribution in [0.5, 0.6) is 0 Å². The molecule has 2 aromatic rings. The Morgan fingerprint density at radius 2 is 2.06 bits per heavy atom. The number of likely N-dealkylation sites (tertiary alicyclic amines) is 1. The van der Waals surface area contributed by atoms with Gasteiger partial charge < -0.3 is 25.6 Å². The maximum atomic E-state index is 13.2. The van der Waals surface area contributed by atoms with Crippen molar-refractivity contribution in [2.24, 2.45) is 17.9 Å². The number of rotatable bonds is 7. The quantitative estimate of drug-likeness (QED) is 0.370. The SMILES string of the molecule is Cn1c(C(=O)N2CCC[C@H]2C(=O)N[C@H](C=NNC(N)=O)CC(=O)O)cc2ccccc21. The van der Waals surface area contributed by atoms with Gasteiger partial charge in [0.15, 0.2) is 0 Å². The number of carbonyl (C=O) groups is 4. The lowest BCUT2D eigenvalue weighted by molar-refractivity contribution is -0.137. The van der Waals surface area contributed by atoms with Crippen molar-refractivity contribution in [3.8, 4) is 0 Å². The number of benzene rings is 1. The number of hydrogen-bond donors (Lipinski definition) is 4. The van der Waals surface area contributed by atoms with Crippen LogP contribution in [0.25, 0.3) is 10.9 Å². The summed E-state index contributed by atoms with van der Waals surface area (Å²) in [5.74, 6) is -1.91. The van der Waals surface area contributed by atoms with E-state index in [-0.39, 0.29) is 5.91 Å². The fourth-order valence-corrected chi connectivity index (χ4v) is 3.72. The number of amides is 4. The molecule has 1 aliphatic rings. The summed E-state index contributed by atoms with van der Waals surface area (Å²) in [6.07, 6.45) is 1.74. The topological polar surface area (TPSA) is 159 Å². The minimum Gasteiger partial charge on any atom is -0.481 e. The molecule has 11 nitrogen and oxygen atoms in total. The normalized spacial score (nSPS) is 17.1. The van der Waals surface area contributed by atoms with E-state index >= 15 is 0 Å². The van der Waals surface area contributed by atoms with E-state index in [0.717, 1.165) is 17.1 Å². The minimum absolute atomic E-state index is 0.268. The van der Waals surface area contributed by atoms with Crippen molar-refractivity contribution < 1.29 is 24.3 Å². The van der Waals surface area contributed by atoms with Gasteiger partial charge in [-0.3, -0.25) is 14.4 Å². The van der Waals surface area contributed by atoms with Gasteiger partial charge in [0, 0.05) is 30.7 Å². The van der Waals surface area contributed by atoms with Gasteiger partial charge in [-0.15, -0.1) is 0 Å². The van der Waals surface area contributed by atoms with Crippen LogP contribution in [-0.4, -0.2) is 63.2 Å². The number of fused-ring (bicyclic) bond motifs is 1. The van der Waals surface area contributed by atoms with Crippen molar-refractivity contribution in [3.63, 3.8) is 0 Å². The first-order chi connectivity index (χ1) is 14.8. The summed E-state index contributed by atoms with van der Waals surface area (Å²) >= 11 is 0. The van der Waals surface area contributed by atoms with Crippen molar-refractivity contribution in [1.29, 1.82) is 0 Å².